The smallest absolute Gasteiger partial charge is 0.288 e. The third-order valence-electron chi connectivity index (χ3n) is 2.04. The van der Waals surface area contributed by atoms with Crippen LogP contribution in [0.2, 0.25) is 5.15 Å². The van der Waals surface area contributed by atoms with Crippen molar-refractivity contribution in [2.45, 2.75) is 0 Å². The average molecular weight is 222 g/mol. The van der Waals surface area contributed by atoms with Crippen LogP contribution in [0.5, 0.6) is 0 Å². The summed E-state index contributed by atoms with van der Waals surface area (Å²) in [5.74, 6) is 0. The molecule has 76 valence electrons. The topological polar surface area (TPSA) is 71.8 Å². The molecule has 3 N–H and O–H groups in total. The zero-order valence-corrected chi connectivity index (χ0v) is 8.45. The second kappa shape index (κ2) is 3.74. The molecule has 4 nitrogen and oxygen atoms in total. The fourth-order valence-electron chi connectivity index (χ4n) is 1.32. The molecule has 0 spiro atoms. The largest absolute Gasteiger partial charge is 0.394 e. The maximum atomic E-state index is 11.3. The Morgan fingerprint density at radius 1 is 1.27 bits per heavy atom. The van der Waals surface area contributed by atoms with Gasteiger partial charge in [0.25, 0.3) is 5.56 Å². The molecule has 1 heterocycles. The Kier molecular flexibility index (Phi) is 2.43. The van der Waals surface area contributed by atoms with Crippen molar-refractivity contribution in [2.24, 2.45) is 0 Å². The number of nitrogens with one attached hydrogen (secondary N) is 1. The van der Waals surface area contributed by atoms with Gasteiger partial charge in [-0.15, -0.1) is 0 Å². The monoisotopic (exact) mass is 221 g/mol. The summed E-state index contributed by atoms with van der Waals surface area (Å²) >= 11 is 5.87. The Morgan fingerprint density at radius 3 is 2.60 bits per heavy atom. The van der Waals surface area contributed by atoms with E-state index in [-0.39, 0.29) is 10.8 Å². The van der Waals surface area contributed by atoms with E-state index in [2.05, 4.69) is 10.2 Å². The molecule has 1 aromatic carbocycles. The van der Waals surface area contributed by atoms with Crippen LogP contribution in [-0.2, 0) is 0 Å². The Hall–Kier alpha value is -1.81. The maximum absolute atomic E-state index is 11.3. The lowest BCUT2D eigenvalue weighted by Gasteiger charge is -2.05. The van der Waals surface area contributed by atoms with Crippen LogP contribution < -0.4 is 11.3 Å². The first-order valence-corrected chi connectivity index (χ1v) is 4.67. The molecule has 0 aliphatic rings. The van der Waals surface area contributed by atoms with Crippen LogP contribution in [0.25, 0.3) is 11.1 Å². The second-order valence-electron chi connectivity index (χ2n) is 3.00. The predicted octanol–water partition coefficient (Wildman–Crippen LogP) is 1.67. The van der Waals surface area contributed by atoms with E-state index in [1.807, 2.05) is 30.3 Å². The molecule has 0 bridgehead atoms. The van der Waals surface area contributed by atoms with Crippen molar-refractivity contribution < 1.29 is 0 Å². The molecule has 0 saturated carbocycles. The number of rotatable bonds is 1. The highest BCUT2D eigenvalue weighted by atomic mass is 35.5. The molecule has 0 atom stereocenters. The number of halogens is 1. The number of hydrogen-bond acceptors (Lipinski definition) is 3. The number of anilines is 1. The van der Waals surface area contributed by atoms with Gasteiger partial charge in [0.1, 0.15) is 5.69 Å². The highest BCUT2D eigenvalue weighted by molar-refractivity contribution is 6.32. The Labute approximate surface area is 90.7 Å². The van der Waals surface area contributed by atoms with Gasteiger partial charge in [-0.3, -0.25) is 4.79 Å². The Bertz CT molecular complexity index is 536. The van der Waals surface area contributed by atoms with Crippen molar-refractivity contribution in [3.05, 3.63) is 45.8 Å². The summed E-state index contributed by atoms with van der Waals surface area (Å²) in [7, 11) is 0. The molecule has 0 fully saturated rings. The molecule has 2 aromatic rings. The van der Waals surface area contributed by atoms with Gasteiger partial charge in [-0.1, -0.05) is 41.9 Å². The Balaban J connectivity index is 2.73. The molecule has 0 aliphatic carbocycles. The van der Waals surface area contributed by atoms with Crippen LogP contribution in [0.1, 0.15) is 0 Å². The third-order valence-corrected chi connectivity index (χ3v) is 2.31. The quantitative estimate of drug-likeness (QED) is 0.770. The van der Waals surface area contributed by atoms with E-state index >= 15 is 0 Å². The van der Waals surface area contributed by atoms with Crippen LogP contribution in [0, 0.1) is 0 Å². The van der Waals surface area contributed by atoms with Crippen molar-refractivity contribution >= 4 is 17.3 Å². The van der Waals surface area contributed by atoms with E-state index in [4.69, 9.17) is 17.3 Å². The predicted molar refractivity (Wildman–Crippen MR) is 59.7 cm³/mol. The highest BCUT2D eigenvalue weighted by Crippen LogP contribution is 2.28. The minimum Gasteiger partial charge on any atom is -0.394 e. The summed E-state index contributed by atoms with van der Waals surface area (Å²) in [5, 5.41) is 6.07. The lowest BCUT2D eigenvalue weighted by atomic mass is 10.1. The van der Waals surface area contributed by atoms with Crippen molar-refractivity contribution in [1.82, 2.24) is 10.2 Å². The first-order chi connectivity index (χ1) is 7.20. The van der Waals surface area contributed by atoms with Gasteiger partial charge in [0.05, 0.1) is 0 Å². The number of aromatic amines is 1. The van der Waals surface area contributed by atoms with Crippen molar-refractivity contribution in [1.29, 1.82) is 0 Å². The van der Waals surface area contributed by atoms with E-state index in [0.29, 0.717) is 5.56 Å². The molecule has 15 heavy (non-hydrogen) atoms. The zero-order valence-electron chi connectivity index (χ0n) is 7.70. The summed E-state index contributed by atoms with van der Waals surface area (Å²) in [6.07, 6.45) is 0. The summed E-state index contributed by atoms with van der Waals surface area (Å²) in [6, 6.07) is 9.18. The van der Waals surface area contributed by atoms with Crippen molar-refractivity contribution in [2.75, 3.05) is 5.73 Å². The van der Waals surface area contributed by atoms with Gasteiger partial charge in [0.2, 0.25) is 0 Å². The number of benzene rings is 1. The number of nitrogen functional groups attached to an aromatic ring is 1. The molecule has 0 saturated heterocycles. The lowest BCUT2D eigenvalue weighted by Crippen LogP contribution is -2.14. The first-order valence-electron chi connectivity index (χ1n) is 4.29. The minimum atomic E-state index is -0.432. The lowest BCUT2D eigenvalue weighted by molar-refractivity contribution is 0.996. The molecule has 0 aliphatic heterocycles. The fourth-order valence-corrected chi connectivity index (χ4v) is 1.57. The van der Waals surface area contributed by atoms with Gasteiger partial charge in [0, 0.05) is 5.56 Å². The molecule has 1 aromatic heterocycles. The van der Waals surface area contributed by atoms with E-state index in [1.54, 1.807) is 0 Å². The molecule has 0 radical (unpaired) electrons. The normalized spacial score (nSPS) is 10.2. The summed E-state index contributed by atoms with van der Waals surface area (Å²) in [4.78, 5) is 11.3. The van der Waals surface area contributed by atoms with Crippen LogP contribution in [0.4, 0.5) is 5.69 Å². The first kappa shape index (κ1) is 9.73. The summed E-state index contributed by atoms with van der Waals surface area (Å²) in [5.41, 5.74) is 6.55. The van der Waals surface area contributed by atoms with Gasteiger partial charge >= 0.3 is 0 Å². The number of H-pyrrole nitrogens is 1. The van der Waals surface area contributed by atoms with Crippen molar-refractivity contribution in [3.63, 3.8) is 0 Å². The van der Waals surface area contributed by atoms with Crippen LogP contribution in [-0.4, -0.2) is 10.2 Å². The van der Waals surface area contributed by atoms with E-state index in [0.717, 1.165) is 5.56 Å². The minimum absolute atomic E-state index is 0.0844. The van der Waals surface area contributed by atoms with Gasteiger partial charge < -0.3 is 5.73 Å². The maximum Gasteiger partial charge on any atom is 0.288 e. The van der Waals surface area contributed by atoms with Crippen molar-refractivity contribution in [3.8, 4) is 11.1 Å². The molecule has 0 amide bonds. The molecule has 5 heteroatoms. The number of hydrogen-bond donors (Lipinski definition) is 2. The van der Waals surface area contributed by atoms with Crippen LogP contribution in [0.3, 0.4) is 0 Å². The van der Waals surface area contributed by atoms with E-state index in [9.17, 15) is 4.79 Å². The molecular weight excluding hydrogens is 214 g/mol. The second-order valence-corrected chi connectivity index (χ2v) is 3.36. The average Bonchev–Trinajstić information content (AvgIpc) is 2.26. The standard InChI is InChI=1S/C10H8ClN3O/c11-9-7(6-4-2-1-3-5-6)8(12)10(15)14-13-9/h1-5H,(H2,12,13)(H,14,15). The Morgan fingerprint density at radius 2 is 1.93 bits per heavy atom. The van der Waals surface area contributed by atoms with Gasteiger partial charge in [-0.05, 0) is 5.56 Å². The SMILES string of the molecule is Nc1c(-c2ccccc2)c(Cl)n[nH]c1=O. The summed E-state index contributed by atoms with van der Waals surface area (Å²) < 4.78 is 0. The van der Waals surface area contributed by atoms with E-state index in [1.165, 1.54) is 0 Å². The number of nitrogens with two attached hydrogens (primary N) is 1. The molecule has 0 unspecified atom stereocenters. The van der Waals surface area contributed by atoms with Crippen LogP contribution in [0.15, 0.2) is 35.1 Å². The van der Waals surface area contributed by atoms with Gasteiger partial charge in [0.15, 0.2) is 5.15 Å². The highest BCUT2D eigenvalue weighted by Gasteiger charge is 2.11. The zero-order chi connectivity index (χ0) is 10.8. The van der Waals surface area contributed by atoms with Gasteiger partial charge in [-0.25, -0.2) is 5.10 Å². The number of nitrogens with zero attached hydrogens (tertiary/aromatic N) is 1. The van der Waals surface area contributed by atoms with E-state index < -0.39 is 5.56 Å². The van der Waals surface area contributed by atoms with Crippen LogP contribution >= 0.6 is 11.6 Å². The molecule has 2 rings (SSSR count). The summed E-state index contributed by atoms with van der Waals surface area (Å²) in [6.45, 7) is 0. The fraction of sp³-hybridized carbons (Fsp3) is 0. The van der Waals surface area contributed by atoms with Gasteiger partial charge in [-0.2, -0.15) is 5.10 Å². The molecular formula is C10H8ClN3O. The third kappa shape index (κ3) is 1.71. The number of aromatic nitrogens is 2.